The Balaban J connectivity index is 1.64. The Bertz CT molecular complexity index is 1340. The van der Waals surface area contributed by atoms with Crippen LogP contribution in [0.5, 0.6) is 0 Å². The molecule has 7 rings (SSSR count). The van der Waals surface area contributed by atoms with Crippen molar-refractivity contribution >= 4 is 17.5 Å². The van der Waals surface area contributed by atoms with E-state index in [1.807, 2.05) is 30.3 Å². The maximum Gasteiger partial charge on any atom is 0.285 e. The van der Waals surface area contributed by atoms with Gasteiger partial charge < -0.3 is 0 Å². The molecule has 2 atom stereocenters. The Hall–Kier alpha value is -4.31. The number of benzene rings is 3. The molecule has 0 N–H and O–H groups in total. The van der Waals surface area contributed by atoms with Crippen molar-refractivity contribution in [3.05, 3.63) is 111 Å². The summed E-state index contributed by atoms with van der Waals surface area (Å²) in [6.45, 7) is 0. The summed E-state index contributed by atoms with van der Waals surface area (Å²) in [5.41, 5.74) is 1.31. The number of nitro groups is 1. The summed E-state index contributed by atoms with van der Waals surface area (Å²) in [4.78, 5) is 41.0. The third-order valence-corrected chi connectivity index (χ3v) is 7.12. The molecule has 3 aromatic rings. The van der Waals surface area contributed by atoms with Crippen LogP contribution in [0.1, 0.15) is 33.7 Å². The molecule has 1 heterocycles. The highest BCUT2D eigenvalue weighted by Gasteiger charge is 2.74. The average Bonchev–Trinajstić information content (AvgIpc) is 3.09. The monoisotopic (exact) mass is 421 g/mol. The molecule has 0 spiro atoms. The van der Waals surface area contributed by atoms with Gasteiger partial charge in [0.05, 0.1) is 23.2 Å². The van der Waals surface area contributed by atoms with Crippen LogP contribution >= 0.6 is 0 Å². The van der Waals surface area contributed by atoms with Crippen molar-refractivity contribution in [3.8, 4) is 6.07 Å². The highest BCUT2D eigenvalue weighted by atomic mass is 16.6. The molecule has 7 nitrogen and oxygen atoms in total. The standard InChI is InChI=1S/C25H15N3O4/c26-13-14-9-11-15(12-10-14)27-23(29)21-20-16-5-1-3-7-18(16)25(28(31)32,22(21)24(27)30)19-8-4-2-6-17(19)20/h1-12,20-22H/t20?,21-,22-,25?/m0/s1. The van der Waals surface area contributed by atoms with Gasteiger partial charge in [-0.1, -0.05) is 48.5 Å². The summed E-state index contributed by atoms with van der Waals surface area (Å²) in [6.07, 6.45) is 0. The van der Waals surface area contributed by atoms with Gasteiger partial charge in [-0.2, -0.15) is 5.26 Å². The number of amides is 2. The van der Waals surface area contributed by atoms with Crippen LogP contribution in [-0.2, 0) is 15.1 Å². The number of carbonyl (C=O) groups is 2. The van der Waals surface area contributed by atoms with Gasteiger partial charge in [0.2, 0.25) is 11.8 Å². The van der Waals surface area contributed by atoms with Crippen LogP contribution in [0.2, 0.25) is 0 Å². The van der Waals surface area contributed by atoms with Crippen molar-refractivity contribution in [2.45, 2.75) is 11.5 Å². The summed E-state index contributed by atoms with van der Waals surface area (Å²) in [6, 6.07) is 22.3. The fraction of sp³-hybridized carbons (Fsp3) is 0.160. The molecule has 2 amide bonds. The van der Waals surface area contributed by atoms with Crippen LogP contribution in [0.3, 0.4) is 0 Å². The Morgan fingerprint density at radius 3 is 1.97 bits per heavy atom. The van der Waals surface area contributed by atoms with Crippen molar-refractivity contribution in [1.29, 1.82) is 5.26 Å². The summed E-state index contributed by atoms with van der Waals surface area (Å²) < 4.78 is 0. The number of nitriles is 1. The lowest BCUT2D eigenvalue weighted by atomic mass is 9.51. The van der Waals surface area contributed by atoms with Gasteiger partial charge in [-0.05, 0) is 35.4 Å². The number of hydrogen-bond acceptors (Lipinski definition) is 5. The first-order valence-electron chi connectivity index (χ1n) is 10.2. The van der Waals surface area contributed by atoms with Gasteiger partial charge in [-0.3, -0.25) is 19.7 Å². The molecule has 1 fully saturated rings. The molecular formula is C25H15N3O4. The fourth-order valence-corrected chi connectivity index (χ4v) is 5.98. The van der Waals surface area contributed by atoms with Gasteiger partial charge >= 0.3 is 0 Å². The van der Waals surface area contributed by atoms with Crippen LogP contribution < -0.4 is 4.90 Å². The molecule has 1 saturated heterocycles. The lowest BCUT2D eigenvalue weighted by Gasteiger charge is -2.48. The number of carbonyl (C=O) groups excluding carboxylic acids is 2. The zero-order valence-electron chi connectivity index (χ0n) is 16.6. The fourth-order valence-electron chi connectivity index (χ4n) is 5.98. The number of hydrogen-bond donors (Lipinski definition) is 0. The Morgan fingerprint density at radius 2 is 1.44 bits per heavy atom. The summed E-state index contributed by atoms with van der Waals surface area (Å²) in [7, 11) is 0. The third-order valence-electron chi connectivity index (χ3n) is 7.12. The van der Waals surface area contributed by atoms with Gasteiger partial charge in [0.25, 0.3) is 5.54 Å². The quantitative estimate of drug-likeness (QED) is 0.359. The molecule has 154 valence electrons. The van der Waals surface area contributed by atoms with E-state index in [0.29, 0.717) is 22.4 Å². The second-order valence-corrected chi connectivity index (χ2v) is 8.35. The van der Waals surface area contributed by atoms with Crippen LogP contribution in [0.25, 0.3) is 0 Å². The molecule has 0 aromatic heterocycles. The summed E-state index contributed by atoms with van der Waals surface area (Å²) >= 11 is 0. The summed E-state index contributed by atoms with van der Waals surface area (Å²) in [5, 5.41) is 21.9. The van der Waals surface area contributed by atoms with Crippen molar-refractivity contribution in [3.63, 3.8) is 0 Å². The van der Waals surface area contributed by atoms with Crippen molar-refractivity contribution in [1.82, 2.24) is 0 Å². The van der Waals surface area contributed by atoms with E-state index >= 15 is 0 Å². The Labute approximate surface area is 182 Å². The largest absolute Gasteiger partial charge is 0.285 e. The predicted octanol–water partition coefficient (Wildman–Crippen LogP) is 3.34. The lowest BCUT2D eigenvalue weighted by Crippen LogP contribution is -2.57. The molecule has 4 aliphatic rings. The number of rotatable bonds is 2. The van der Waals surface area contributed by atoms with Crippen molar-refractivity contribution in [2.24, 2.45) is 11.8 Å². The second kappa shape index (κ2) is 6.11. The molecule has 32 heavy (non-hydrogen) atoms. The normalized spacial score (nSPS) is 26.8. The number of imide groups is 1. The highest BCUT2D eigenvalue weighted by Crippen LogP contribution is 2.64. The molecule has 7 heteroatoms. The first-order chi connectivity index (χ1) is 15.5. The molecule has 0 saturated carbocycles. The Morgan fingerprint density at radius 1 is 0.875 bits per heavy atom. The molecule has 3 aliphatic carbocycles. The van der Waals surface area contributed by atoms with Crippen LogP contribution in [0.4, 0.5) is 5.69 Å². The van der Waals surface area contributed by atoms with Crippen LogP contribution in [0, 0.1) is 33.3 Å². The van der Waals surface area contributed by atoms with E-state index in [1.54, 1.807) is 24.3 Å². The molecule has 1 aliphatic heterocycles. The number of nitrogens with zero attached hydrogens (tertiary/aromatic N) is 3. The maximum atomic E-state index is 13.8. The van der Waals surface area contributed by atoms with Gasteiger partial charge in [-0.25, -0.2) is 4.90 Å². The summed E-state index contributed by atoms with van der Waals surface area (Å²) in [5.74, 6) is -3.46. The van der Waals surface area contributed by atoms with Gasteiger partial charge in [0.1, 0.15) is 5.92 Å². The predicted molar refractivity (Wildman–Crippen MR) is 113 cm³/mol. The average molecular weight is 421 g/mol. The molecule has 3 aromatic carbocycles. The maximum absolute atomic E-state index is 13.8. The minimum absolute atomic E-state index is 0.319. The minimum Gasteiger partial charge on any atom is -0.274 e. The second-order valence-electron chi connectivity index (χ2n) is 8.35. The van der Waals surface area contributed by atoms with Gasteiger partial charge in [0.15, 0.2) is 0 Å². The van der Waals surface area contributed by atoms with E-state index in [4.69, 9.17) is 5.26 Å². The van der Waals surface area contributed by atoms with E-state index < -0.39 is 35.1 Å². The molecule has 0 radical (unpaired) electrons. The van der Waals surface area contributed by atoms with E-state index in [2.05, 4.69) is 0 Å². The smallest absolute Gasteiger partial charge is 0.274 e. The van der Waals surface area contributed by atoms with Crippen molar-refractivity contribution < 1.29 is 14.5 Å². The first kappa shape index (κ1) is 18.5. The van der Waals surface area contributed by atoms with Crippen LogP contribution in [0.15, 0.2) is 72.8 Å². The van der Waals surface area contributed by atoms with E-state index in [9.17, 15) is 19.7 Å². The minimum atomic E-state index is -1.83. The Kier molecular flexibility index (Phi) is 3.52. The third kappa shape index (κ3) is 1.95. The van der Waals surface area contributed by atoms with Crippen LogP contribution in [-0.4, -0.2) is 16.7 Å². The van der Waals surface area contributed by atoms with Crippen molar-refractivity contribution in [2.75, 3.05) is 4.90 Å². The molecule has 2 bridgehead atoms. The topological polar surface area (TPSA) is 104 Å². The van der Waals surface area contributed by atoms with E-state index in [-0.39, 0.29) is 4.92 Å². The lowest BCUT2D eigenvalue weighted by molar-refractivity contribution is -0.578. The first-order valence-corrected chi connectivity index (χ1v) is 10.2. The molecular weight excluding hydrogens is 406 g/mol. The highest BCUT2D eigenvalue weighted by molar-refractivity contribution is 6.23. The number of anilines is 1. The zero-order valence-corrected chi connectivity index (χ0v) is 16.6. The van der Waals surface area contributed by atoms with Gasteiger partial charge in [0, 0.05) is 22.0 Å². The van der Waals surface area contributed by atoms with Gasteiger partial charge in [-0.15, -0.1) is 0 Å². The van der Waals surface area contributed by atoms with E-state index in [1.165, 1.54) is 24.3 Å². The van der Waals surface area contributed by atoms with E-state index in [0.717, 1.165) is 16.0 Å². The zero-order chi connectivity index (χ0) is 22.2. The SMILES string of the molecule is N#Cc1ccc(N2C(=O)[C@@H]3[C@@H](C2=O)C2c4ccccc4C3([N+](=O)[O-])c3ccccc32)cc1. The molecule has 0 unspecified atom stereocenters.